The molecule has 4 rings (SSSR count). The van der Waals surface area contributed by atoms with E-state index in [1.54, 1.807) is 31.5 Å². The van der Waals surface area contributed by atoms with Gasteiger partial charge in [-0.25, -0.2) is 9.97 Å². The lowest BCUT2D eigenvalue weighted by atomic mass is 10.0. The maximum Gasteiger partial charge on any atom is 0.196 e. The Hall–Kier alpha value is -2.72. The lowest BCUT2D eigenvalue weighted by Gasteiger charge is -2.29. The van der Waals surface area contributed by atoms with Gasteiger partial charge in [0.25, 0.3) is 0 Å². The number of ether oxygens (including phenoxy) is 3. The van der Waals surface area contributed by atoms with Crippen LogP contribution in [0.4, 0.5) is 5.82 Å². The van der Waals surface area contributed by atoms with Crippen LogP contribution >= 0.6 is 11.6 Å². The number of aliphatic hydroxyl groups excluding tert-OH is 1. The number of nitrogens with zero attached hydrogens (tertiary/aromatic N) is 2. The van der Waals surface area contributed by atoms with E-state index in [0.29, 0.717) is 58.6 Å². The van der Waals surface area contributed by atoms with Gasteiger partial charge in [0.2, 0.25) is 0 Å². The van der Waals surface area contributed by atoms with Gasteiger partial charge in [0, 0.05) is 18.9 Å². The highest BCUT2D eigenvalue weighted by Gasteiger charge is 2.25. The van der Waals surface area contributed by atoms with Crippen molar-refractivity contribution in [1.29, 1.82) is 0 Å². The van der Waals surface area contributed by atoms with E-state index in [4.69, 9.17) is 25.8 Å². The molecule has 3 heterocycles. The predicted octanol–water partition coefficient (Wildman–Crippen LogP) is 2.82. The number of benzene rings is 1. The number of nitrogens with one attached hydrogen (secondary N) is 2. The second-order valence-electron chi connectivity index (χ2n) is 7.52. The van der Waals surface area contributed by atoms with Gasteiger partial charge < -0.3 is 29.6 Å². The number of rotatable bonds is 9. The number of halogens is 1. The van der Waals surface area contributed by atoms with Gasteiger partial charge in [0.15, 0.2) is 5.78 Å². The molecule has 0 amide bonds. The van der Waals surface area contributed by atoms with Crippen molar-refractivity contribution >= 4 is 34.2 Å². The molecule has 0 saturated carbocycles. The SMILES string of the molecule is COCCOc1ccc(C(=O)c2c[nH]c3ncnc(N[C@H]4CC[C@@H](CO)OC4)c23)c(Cl)c1. The van der Waals surface area contributed by atoms with Gasteiger partial charge in [-0.1, -0.05) is 11.6 Å². The standard InChI is InChI=1S/C22H25ClN4O5/c1-30-6-7-31-14-4-5-16(18(23)8-14)20(29)17-9-24-21-19(17)22(26-12-25-21)27-13-2-3-15(10-28)32-11-13/h4-5,8-9,12-13,15,28H,2-3,6-7,10-11H2,1H3,(H2,24,25,26,27)/t13-,15-/m0/s1. The number of methoxy groups -OCH3 is 1. The smallest absolute Gasteiger partial charge is 0.196 e. The Morgan fingerprint density at radius 2 is 2.19 bits per heavy atom. The molecule has 170 valence electrons. The van der Waals surface area contributed by atoms with Crippen molar-refractivity contribution in [2.75, 3.05) is 38.9 Å². The first kappa shape index (κ1) is 22.5. The summed E-state index contributed by atoms with van der Waals surface area (Å²) >= 11 is 6.40. The fourth-order valence-corrected chi connectivity index (χ4v) is 3.92. The Morgan fingerprint density at radius 1 is 1.31 bits per heavy atom. The van der Waals surface area contributed by atoms with Crippen LogP contribution in [0, 0.1) is 0 Å². The third-order valence-corrected chi connectivity index (χ3v) is 5.68. The number of hydrogen-bond acceptors (Lipinski definition) is 8. The quantitative estimate of drug-likeness (QED) is 0.329. The van der Waals surface area contributed by atoms with E-state index in [1.807, 2.05) is 0 Å². The summed E-state index contributed by atoms with van der Waals surface area (Å²) in [4.78, 5) is 25.0. The topological polar surface area (TPSA) is 119 Å². The normalized spacial score (nSPS) is 18.6. The Labute approximate surface area is 190 Å². The van der Waals surface area contributed by atoms with Gasteiger partial charge >= 0.3 is 0 Å². The molecule has 2 atom stereocenters. The van der Waals surface area contributed by atoms with Crippen LogP contribution in [0.3, 0.4) is 0 Å². The number of aromatic nitrogens is 3. The fourth-order valence-electron chi connectivity index (χ4n) is 3.67. The summed E-state index contributed by atoms with van der Waals surface area (Å²) in [5.74, 6) is 0.862. The zero-order valence-electron chi connectivity index (χ0n) is 17.6. The zero-order chi connectivity index (χ0) is 22.5. The number of carbonyl (C=O) groups is 1. The van der Waals surface area contributed by atoms with Crippen molar-refractivity contribution in [2.45, 2.75) is 25.0 Å². The molecule has 1 saturated heterocycles. The molecule has 1 aliphatic rings. The van der Waals surface area contributed by atoms with Crippen molar-refractivity contribution in [2.24, 2.45) is 0 Å². The van der Waals surface area contributed by atoms with E-state index in [1.165, 1.54) is 6.33 Å². The number of fused-ring (bicyclic) bond motifs is 1. The van der Waals surface area contributed by atoms with Crippen LogP contribution < -0.4 is 10.1 Å². The first-order valence-electron chi connectivity index (χ1n) is 10.4. The average molecular weight is 461 g/mol. The van der Waals surface area contributed by atoms with E-state index in [0.717, 1.165) is 12.8 Å². The monoisotopic (exact) mass is 460 g/mol. The summed E-state index contributed by atoms with van der Waals surface area (Å²) in [6, 6.07) is 4.98. The second-order valence-corrected chi connectivity index (χ2v) is 7.92. The minimum absolute atomic E-state index is 0.0118. The number of carbonyl (C=O) groups excluding carboxylic acids is 1. The third-order valence-electron chi connectivity index (χ3n) is 5.37. The molecule has 1 fully saturated rings. The molecular formula is C22H25ClN4O5. The number of anilines is 1. The number of ketones is 1. The van der Waals surface area contributed by atoms with Crippen LogP contribution in [-0.2, 0) is 9.47 Å². The molecule has 9 nitrogen and oxygen atoms in total. The summed E-state index contributed by atoms with van der Waals surface area (Å²) in [5, 5.41) is 13.5. The summed E-state index contributed by atoms with van der Waals surface area (Å²) in [6.45, 7) is 1.30. The molecule has 3 aromatic rings. The second kappa shape index (κ2) is 10.3. The van der Waals surface area contributed by atoms with Gasteiger partial charge in [0.1, 0.15) is 30.1 Å². The molecule has 0 spiro atoms. The van der Waals surface area contributed by atoms with Crippen LogP contribution in [0.1, 0.15) is 28.8 Å². The highest BCUT2D eigenvalue weighted by Crippen LogP contribution is 2.30. The molecule has 1 aromatic carbocycles. The average Bonchev–Trinajstić information content (AvgIpc) is 3.25. The van der Waals surface area contributed by atoms with Crippen LogP contribution in [0.25, 0.3) is 11.0 Å². The summed E-state index contributed by atoms with van der Waals surface area (Å²) in [5.41, 5.74) is 1.32. The van der Waals surface area contributed by atoms with Crippen molar-refractivity contribution in [3.05, 3.63) is 46.9 Å². The Morgan fingerprint density at radius 3 is 2.91 bits per heavy atom. The summed E-state index contributed by atoms with van der Waals surface area (Å²) in [7, 11) is 1.60. The van der Waals surface area contributed by atoms with Crippen LogP contribution in [-0.4, -0.2) is 71.5 Å². The minimum atomic E-state index is -0.247. The number of hydrogen-bond donors (Lipinski definition) is 3. The molecule has 0 radical (unpaired) electrons. The molecule has 2 aromatic heterocycles. The van der Waals surface area contributed by atoms with E-state index < -0.39 is 0 Å². The Balaban J connectivity index is 1.57. The lowest BCUT2D eigenvalue weighted by Crippen LogP contribution is -2.36. The van der Waals surface area contributed by atoms with Gasteiger partial charge in [-0.15, -0.1) is 0 Å². The number of aliphatic hydroxyl groups is 1. The largest absolute Gasteiger partial charge is 0.491 e. The van der Waals surface area contributed by atoms with Gasteiger partial charge in [-0.3, -0.25) is 4.79 Å². The highest BCUT2D eigenvalue weighted by atomic mass is 35.5. The van der Waals surface area contributed by atoms with E-state index in [9.17, 15) is 9.90 Å². The first-order valence-corrected chi connectivity index (χ1v) is 10.8. The predicted molar refractivity (Wildman–Crippen MR) is 120 cm³/mol. The van der Waals surface area contributed by atoms with Crippen LogP contribution in [0.5, 0.6) is 5.75 Å². The van der Waals surface area contributed by atoms with Crippen LogP contribution in [0.2, 0.25) is 5.02 Å². The van der Waals surface area contributed by atoms with Crippen molar-refractivity contribution in [1.82, 2.24) is 15.0 Å². The number of aromatic amines is 1. The van der Waals surface area contributed by atoms with E-state index >= 15 is 0 Å². The van der Waals surface area contributed by atoms with Crippen LogP contribution in [0.15, 0.2) is 30.7 Å². The Kier molecular flexibility index (Phi) is 7.21. The van der Waals surface area contributed by atoms with Gasteiger partial charge in [-0.05, 0) is 31.0 Å². The van der Waals surface area contributed by atoms with E-state index in [-0.39, 0.29) is 24.5 Å². The maximum atomic E-state index is 13.3. The zero-order valence-corrected chi connectivity index (χ0v) is 18.4. The Bertz CT molecular complexity index is 1080. The molecule has 3 N–H and O–H groups in total. The maximum absolute atomic E-state index is 13.3. The van der Waals surface area contributed by atoms with Crippen molar-refractivity contribution in [3.63, 3.8) is 0 Å². The molecule has 0 unspecified atom stereocenters. The summed E-state index contributed by atoms with van der Waals surface area (Å²) in [6.07, 6.45) is 4.49. The molecule has 0 aliphatic carbocycles. The van der Waals surface area contributed by atoms with Crippen molar-refractivity contribution in [3.8, 4) is 5.75 Å². The van der Waals surface area contributed by atoms with Gasteiger partial charge in [0.05, 0.1) is 47.9 Å². The molecule has 0 bridgehead atoms. The lowest BCUT2D eigenvalue weighted by molar-refractivity contribution is -0.0224. The highest BCUT2D eigenvalue weighted by molar-refractivity contribution is 6.35. The molecule has 1 aliphatic heterocycles. The van der Waals surface area contributed by atoms with Crippen molar-refractivity contribution < 1.29 is 24.1 Å². The first-order chi connectivity index (χ1) is 15.6. The molecule has 32 heavy (non-hydrogen) atoms. The molecular weight excluding hydrogens is 436 g/mol. The van der Waals surface area contributed by atoms with Gasteiger partial charge in [-0.2, -0.15) is 0 Å². The molecule has 10 heteroatoms. The minimum Gasteiger partial charge on any atom is -0.491 e. The number of H-pyrrole nitrogens is 1. The van der Waals surface area contributed by atoms with E-state index in [2.05, 4.69) is 20.3 Å². The third kappa shape index (κ3) is 4.86. The fraction of sp³-hybridized carbons (Fsp3) is 0.409. The summed E-state index contributed by atoms with van der Waals surface area (Å²) < 4.78 is 16.2.